The second kappa shape index (κ2) is 6.59. The summed E-state index contributed by atoms with van der Waals surface area (Å²) in [6.07, 6.45) is 3.18. The molecule has 0 atom stereocenters. The topological polar surface area (TPSA) is 103 Å². The molecule has 0 bridgehead atoms. The quantitative estimate of drug-likeness (QED) is 0.714. The number of imide groups is 1. The molecule has 3 aromatic heterocycles. The van der Waals surface area contributed by atoms with E-state index in [0.717, 1.165) is 0 Å². The number of carbonyl (C=O) groups excluding carboxylic acids is 3. The monoisotopic (exact) mass is 344 g/mol. The molecule has 24 heavy (non-hydrogen) atoms. The van der Waals surface area contributed by atoms with Crippen LogP contribution < -0.4 is 5.32 Å². The minimum absolute atomic E-state index is 0.188. The molecular weight excluding hydrogens is 332 g/mol. The Morgan fingerprint density at radius 1 is 1.33 bits per heavy atom. The Hall–Kier alpha value is -3.07. The van der Waals surface area contributed by atoms with Gasteiger partial charge in [-0.3, -0.25) is 14.9 Å². The average molecular weight is 344 g/mol. The lowest BCUT2D eigenvalue weighted by atomic mass is 10.2. The summed E-state index contributed by atoms with van der Waals surface area (Å²) >= 11 is 1.21. The Balaban J connectivity index is 1.63. The smallest absolute Gasteiger partial charge is 0.344 e. The summed E-state index contributed by atoms with van der Waals surface area (Å²) in [6.45, 7) is 1.07. The largest absolute Gasteiger partial charge is 0.452 e. The predicted molar refractivity (Wildman–Crippen MR) is 84.8 cm³/mol. The van der Waals surface area contributed by atoms with Crippen LogP contribution >= 0.6 is 11.3 Å². The Labute approximate surface area is 140 Å². The summed E-state index contributed by atoms with van der Waals surface area (Å²) < 4.78 is 6.41. The molecule has 2 amide bonds. The van der Waals surface area contributed by atoms with Crippen LogP contribution in [0.5, 0.6) is 0 Å². The standard InChI is InChI=1S/C15H12N4O4S/c1-9-12(13-16-5-3-6-19(13)18-9)15(22)23-8-11(20)17-14(21)10-4-2-7-24-10/h2-7H,8H2,1H3,(H,17,20,21). The molecule has 3 aromatic rings. The number of hydrogen-bond acceptors (Lipinski definition) is 7. The number of nitrogens with zero attached hydrogens (tertiary/aromatic N) is 3. The zero-order valence-electron chi connectivity index (χ0n) is 12.6. The van der Waals surface area contributed by atoms with Gasteiger partial charge in [-0.2, -0.15) is 5.10 Å². The second-order valence-corrected chi connectivity index (χ2v) is 5.73. The summed E-state index contributed by atoms with van der Waals surface area (Å²) in [7, 11) is 0. The molecule has 3 rings (SSSR count). The van der Waals surface area contributed by atoms with E-state index in [-0.39, 0.29) is 5.56 Å². The van der Waals surface area contributed by atoms with Crippen molar-refractivity contribution in [2.45, 2.75) is 6.92 Å². The predicted octanol–water partition coefficient (Wildman–Crippen LogP) is 1.21. The maximum absolute atomic E-state index is 12.2. The molecule has 0 aromatic carbocycles. The van der Waals surface area contributed by atoms with E-state index in [4.69, 9.17) is 4.74 Å². The number of thiophene rings is 1. The number of aryl methyl sites for hydroxylation is 1. The van der Waals surface area contributed by atoms with Gasteiger partial charge in [0.1, 0.15) is 5.56 Å². The maximum Gasteiger partial charge on any atom is 0.344 e. The molecular formula is C15H12N4O4S. The zero-order valence-corrected chi connectivity index (χ0v) is 13.4. The van der Waals surface area contributed by atoms with Crippen LogP contribution in [-0.4, -0.2) is 39.0 Å². The third kappa shape index (κ3) is 3.15. The Kier molecular flexibility index (Phi) is 4.34. The highest BCUT2D eigenvalue weighted by atomic mass is 32.1. The minimum Gasteiger partial charge on any atom is -0.452 e. The average Bonchev–Trinajstić information content (AvgIpc) is 3.19. The van der Waals surface area contributed by atoms with Gasteiger partial charge in [0.05, 0.1) is 10.6 Å². The number of aromatic nitrogens is 3. The Morgan fingerprint density at radius 2 is 2.17 bits per heavy atom. The zero-order chi connectivity index (χ0) is 17.1. The highest BCUT2D eigenvalue weighted by Gasteiger charge is 2.21. The molecule has 0 aliphatic rings. The summed E-state index contributed by atoms with van der Waals surface area (Å²) in [5, 5.41) is 8.02. The Morgan fingerprint density at radius 3 is 2.92 bits per heavy atom. The molecule has 0 saturated heterocycles. The van der Waals surface area contributed by atoms with Gasteiger partial charge < -0.3 is 4.74 Å². The summed E-state index contributed by atoms with van der Waals surface area (Å²) in [4.78, 5) is 40.1. The fourth-order valence-electron chi connectivity index (χ4n) is 2.07. The molecule has 0 unspecified atom stereocenters. The van der Waals surface area contributed by atoms with Gasteiger partial charge >= 0.3 is 5.97 Å². The van der Waals surface area contributed by atoms with Crippen LogP contribution in [-0.2, 0) is 9.53 Å². The number of esters is 1. The van der Waals surface area contributed by atoms with Crippen LogP contribution in [0.4, 0.5) is 0 Å². The van der Waals surface area contributed by atoms with Crippen LogP contribution in [0.3, 0.4) is 0 Å². The van der Waals surface area contributed by atoms with Crippen molar-refractivity contribution in [2.75, 3.05) is 6.61 Å². The molecule has 0 saturated carbocycles. The molecule has 0 aliphatic heterocycles. The number of amides is 2. The number of rotatable bonds is 4. The van der Waals surface area contributed by atoms with Gasteiger partial charge in [-0.25, -0.2) is 14.3 Å². The number of hydrogen-bond donors (Lipinski definition) is 1. The molecule has 0 aliphatic carbocycles. The van der Waals surface area contributed by atoms with Crippen LogP contribution in [0.2, 0.25) is 0 Å². The fourth-order valence-corrected chi connectivity index (χ4v) is 2.69. The van der Waals surface area contributed by atoms with Crippen molar-refractivity contribution in [1.29, 1.82) is 0 Å². The molecule has 0 radical (unpaired) electrons. The highest BCUT2D eigenvalue weighted by Crippen LogP contribution is 2.14. The summed E-state index contributed by atoms with van der Waals surface area (Å²) in [5.74, 6) is -1.95. The van der Waals surface area contributed by atoms with Gasteiger partial charge in [0.25, 0.3) is 11.8 Å². The van der Waals surface area contributed by atoms with Gasteiger partial charge in [-0.15, -0.1) is 11.3 Å². The minimum atomic E-state index is -0.722. The second-order valence-electron chi connectivity index (χ2n) is 4.78. The van der Waals surface area contributed by atoms with Gasteiger partial charge in [0.2, 0.25) is 0 Å². The third-order valence-corrected chi connectivity index (χ3v) is 3.98. The van der Waals surface area contributed by atoms with Crippen LogP contribution in [0.1, 0.15) is 25.7 Å². The molecule has 0 fully saturated rings. The van der Waals surface area contributed by atoms with Gasteiger partial charge in [-0.05, 0) is 24.4 Å². The van der Waals surface area contributed by atoms with Crippen molar-refractivity contribution in [3.63, 3.8) is 0 Å². The first kappa shape index (κ1) is 15.8. The third-order valence-electron chi connectivity index (χ3n) is 3.11. The first-order chi connectivity index (χ1) is 11.6. The Bertz CT molecular complexity index is 917. The van der Waals surface area contributed by atoms with E-state index in [1.54, 1.807) is 36.7 Å². The first-order valence-corrected chi connectivity index (χ1v) is 7.79. The lowest BCUT2D eigenvalue weighted by Gasteiger charge is -2.04. The van der Waals surface area contributed by atoms with E-state index >= 15 is 0 Å². The lowest BCUT2D eigenvalue weighted by molar-refractivity contribution is -0.123. The molecule has 0 spiro atoms. The van der Waals surface area contributed by atoms with E-state index < -0.39 is 24.4 Å². The van der Waals surface area contributed by atoms with Crippen molar-refractivity contribution >= 4 is 34.8 Å². The van der Waals surface area contributed by atoms with Crippen LogP contribution in [0.25, 0.3) is 5.65 Å². The molecule has 1 N–H and O–H groups in total. The van der Waals surface area contributed by atoms with Crippen LogP contribution in [0.15, 0.2) is 36.0 Å². The van der Waals surface area contributed by atoms with Gasteiger partial charge in [0, 0.05) is 12.4 Å². The van der Waals surface area contributed by atoms with Gasteiger partial charge in [0.15, 0.2) is 12.3 Å². The fraction of sp³-hybridized carbons (Fsp3) is 0.133. The molecule has 9 heteroatoms. The van der Waals surface area contributed by atoms with E-state index in [0.29, 0.717) is 16.2 Å². The van der Waals surface area contributed by atoms with Crippen molar-refractivity contribution in [2.24, 2.45) is 0 Å². The normalized spacial score (nSPS) is 10.5. The molecule has 122 valence electrons. The SMILES string of the molecule is Cc1nn2cccnc2c1C(=O)OCC(=O)NC(=O)c1cccs1. The first-order valence-electron chi connectivity index (χ1n) is 6.91. The lowest BCUT2D eigenvalue weighted by Crippen LogP contribution is -2.33. The number of fused-ring (bicyclic) bond motifs is 1. The number of carbonyl (C=O) groups is 3. The van der Waals surface area contributed by atoms with Gasteiger partial charge in [-0.1, -0.05) is 6.07 Å². The molecule has 8 nitrogen and oxygen atoms in total. The van der Waals surface area contributed by atoms with Crippen LogP contribution in [0, 0.1) is 6.92 Å². The molecule has 3 heterocycles. The van der Waals surface area contributed by atoms with E-state index in [9.17, 15) is 14.4 Å². The highest BCUT2D eigenvalue weighted by molar-refractivity contribution is 7.12. The van der Waals surface area contributed by atoms with Crippen molar-refractivity contribution in [3.05, 3.63) is 52.1 Å². The van der Waals surface area contributed by atoms with Crippen molar-refractivity contribution in [3.8, 4) is 0 Å². The summed E-state index contributed by atoms with van der Waals surface area (Å²) in [6, 6.07) is 4.97. The summed E-state index contributed by atoms with van der Waals surface area (Å²) in [5.41, 5.74) is 0.969. The number of ether oxygens (including phenoxy) is 1. The maximum atomic E-state index is 12.2. The van der Waals surface area contributed by atoms with Crippen molar-refractivity contribution < 1.29 is 19.1 Å². The number of nitrogens with one attached hydrogen (secondary N) is 1. The van der Waals surface area contributed by atoms with E-state index in [2.05, 4.69) is 15.4 Å². The van der Waals surface area contributed by atoms with E-state index in [1.807, 2.05) is 0 Å². The van der Waals surface area contributed by atoms with Crippen molar-refractivity contribution in [1.82, 2.24) is 19.9 Å². The van der Waals surface area contributed by atoms with E-state index in [1.165, 1.54) is 22.0 Å².